The van der Waals surface area contributed by atoms with Crippen molar-refractivity contribution in [1.82, 2.24) is 4.90 Å². The molecule has 0 aliphatic heterocycles. The summed E-state index contributed by atoms with van der Waals surface area (Å²) in [6.45, 7) is 0.985. The predicted octanol–water partition coefficient (Wildman–Crippen LogP) is 0.255. The van der Waals surface area contributed by atoms with Gasteiger partial charge in [0.15, 0.2) is 0 Å². The molecule has 1 fully saturated rings. The quantitative estimate of drug-likeness (QED) is 0.781. The molecule has 0 atom stereocenters. The van der Waals surface area contributed by atoms with E-state index in [1.807, 2.05) is 0 Å². The maximum atomic E-state index is 12.1. The Morgan fingerprint density at radius 1 is 1.28 bits per heavy atom. The fourth-order valence-corrected chi connectivity index (χ4v) is 2.98. The molecule has 1 rings (SSSR count). The molecule has 0 aromatic heterocycles. The average Bonchev–Trinajstić information content (AvgIpc) is 2.34. The highest BCUT2D eigenvalue weighted by Gasteiger charge is 2.27. The van der Waals surface area contributed by atoms with Gasteiger partial charge in [-0.2, -0.15) is 0 Å². The topological polar surface area (TPSA) is 80.5 Å². The number of sulfone groups is 1. The van der Waals surface area contributed by atoms with Gasteiger partial charge in [-0.25, -0.2) is 8.42 Å². The molecule has 2 N–H and O–H groups in total. The minimum absolute atomic E-state index is 0.0351. The molecule has 18 heavy (non-hydrogen) atoms. The van der Waals surface area contributed by atoms with Crippen molar-refractivity contribution in [3.8, 4) is 0 Å². The van der Waals surface area contributed by atoms with E-state index in [0.717, 1.165) is 25.7 Å². The Balaban J connectivity index is 2.40. The van der Waals surface area contributed by atoms with Crippen molar-refractivity contribution in [3.05, 3.63) is 0 Å². The summed E-state index contributed by atoms with van der Waals surface area (Å²) in [6, 6.07) is 0. The van der Waals surface area contributed by atoms with Gasteiger partial charge in [-0.3, -0.25) is 4.79 Å². The van der Waals surface area contributed by atoms with Crippen molar-refractivity contribution >= 4 is 15.7 Å². The van der Waals surface area contributed by atoms with Crippen LogP contribution in [-0.4, -0.2) is 51.4 Å². The van der Waals surface area contributed by atoms with Gasteiger partial charge < -0.3 is 10.6 Å². The lowest BCUT2D eigenvalue weighted by molar-refractivity contribution is -0.135. The maximum absolute atomic E-state index is 12.1. The Morgan fingerprint density at radius 3 is 2.28 bits per heavy atom. The van der Waals surface area contributed by atoms with Crippen LogP contribution < -0.4 is 5.73 Å². The molecule has 0 aromatic carbocycles. The SMILES string of the molecule is CN(CCS(C)(=O)=O)C(=O)C1CCC(CN)CC1. The van der Waals surface area contributed by atoms with E-state index in [4.69, 9.17) is 5.73 Å². The molecule has 1 amide bonds. The van der Waals surface area contributed by atoms with Gasteiger partial charge in [-0.1, -0.05) is 0 Å². The molecule has 0 heterocycles. The summed E-state index contributed by atoms with van der Waals surface area (Å²) < 4.78 is 22.1. The van der Waals surface area contributed by atoms with Crippen LogP contribution in [0.1, 0.15) is 25.7 Å². The highest BCUT2D eigenvalue weighted by molar-refractivity contribution is 7.90. The molecule has 1 aliphatic rings. The third-order valence-electron chi connectivity index (χ3n) is 3.70. The van der Waals surface area contributed by atoms with Crippen molar-refractivity contribution in [2.45, 2.75) is 25.7 Å². The van der Waals surface area contributed by atoms with Gasteiger partial charge in [-0.15, -0.1) is 0 Å². The third-order valence-corrected chi connectivity index (χ3v) is 4.63. The predicted molar refractivity (Wildman–Crippen MR) is 71.9 cm³/mol. The number of carbonyl (C=O) groups is 1. The number of nitrogens with zero attached hydrogens (tertiary/aromatic N) is 1. The van der Waals surface area contributed by atoms with E-state index in [2.05, 4.69) is 0 Å². The fraction of sp³-hybridized carbons (Fsp3) is 0.917. The zero-order chi connectivity index (χ0) is 13.8. The zero-order valence-electron chi connectivity index (χ0n) is 11.3. The first kappa shape index (κ1) is 15.4. The average molecular weight is 276 g/mol. The van der Waals surface area contributed by atoms with E-state index in [9.17, 15) is 13.2 Å². The first-order chi connectivity index (χ1) is 8.33. The highest BCUT2D eigenvalue weighted by Crippen LogP contribution is 2.29. The zero-order valence-corrected chi connectivity index (χ0v) is 12.1. The van der Waals surface area contributed by atoms with Crippen LogP contribution in [0.15, 0.2) is 0 Å². The Morgan fingerprint density at radius 2 is 1.83 bits per heavy atom. The molecule has 1 saturated carbocycles. The second-order valence-corrected chi connectivity index (χ2v) is 7.60. The summed E-state index contributed by atoms with van der Waals surface area (Å²) in [5.41, 5.74) is 5.62. The van der Waals surface area contributed by atoms with Crippen molar-refractivity contribution in [2.75, 3.05) is 32.1 Å². The highest BCUT2D eigenvalue weighted by atomic mass is 32.2. The molecule has 106 valence electrons. The standard InChI is InChI=1S/C12H24N2O3S/c1-14(7-8-18(2,16)17)12(15)11-5-3-10(9-13)4-6-11/h10-11H,3-9,13H2,1-2H3. The maximum Gasteiger partial charge on any atom is 0.225 e. The minimum atomic E-state index is -3.01. The first-order valence-electron chi connectivity index (χ1n) is 6.46. The molecule has 6 heteroatoms. The van der Waals surface area contributed by atoms with Gasteiger partial charge in [0.2, 0.25) is 5.91 Å². The van der Waals surface area contributed by atoms with E-state index < -0.39 is 9.84 Å². The van der Waals surface area contributed by atoms with Crippen LogP contribution in [0.25, 0.3) is 0 Å². The summed E-state index contributed by atoms with van der Waals surface area (Å²) in [7, 11) is -1.32. The van der Waals surface area contributed by atoms with Gasteiger partial charge in [-0.05, 0) is 38.1 Å². The summed E-state index contributed by atoms with van der Waals surface area (Å²) in [6.07, 6.45) is 4.96. The number of carbonyl (C=O) groups excluding carboxylic acids is 1. The van der Waals surface area contributed by atoms with E-state index in [1.54, 1.807) is 11.9 Å². The molecular formula is C12H24N2O3S. The Labute approximate surface area is 110 Å². The van der Waals surface area contributed by atoms with Gasteiger partial charge in [0.1, 0.15) is 9.84 Å². The smallest absolute Gasteiger partial charge is 0.225 e. The van der Waals surface area contributed by atoms with Crippen LogP contribution in [0.5, 0.6) is 0 Å². The van der Waals surface area contributed by atoms with E-state index >= 15 is 0 Å². The van der Waals surface area contributed by atoms with Crippen LogP contribution >= 0.6 is 0 Å². The van der Waals surface area contributed by atoms with Gasteiger partial charge in [0, 0.05) is 25.8 Å². The molecule has 0 radical (unpaired) electrons. The first-order valence-corrected chi connectivity index (χ1v) is 8.52. The number of hydrogen-bond acceptors (Lipinski definition) is 4. The Bertz CT molecular complexity index is 373. The van der Waals surface area contributed by atoms with E-state index in [-0.39, 0.29) is 24.1 Å². The summed E-state index contributed by atoms with van der Waals surface area (Å²) in [5, 5.41) is 0. The Kier molecular flexibility index (Phi) is 5.59. The lowest BCUT2D eigenvalue weighted by atomic mass is 9.81. The number of nitrogens with two attached hydrogens (primary N) is 1. The van der Waals surface area contributed by atoms with Gasteiger partial charge in [0.25, 0.3) is 0 Å². The molecule has 5 nitrogen and oxygen atoms in total. The molecule has 0 spiro atoms. The molecule has 0 saturated heterocycles. The number of hydrogen-bond donors (Lipinski definition) is 1. The summed E-state index contributed by atoms with van der Waals surface area (Å²) in [4.78, 5) is 13.7. The fourth-order valence-electron chi connectivity index (χ4n) is 2.37. The van der Waals surface area contributed by atoms with Crippen LogP contribution in [0.4, 0.5) is 0 Å². The van der Waals surface area contributed by atoms with Crippen molar-refractivity contribution < 1.29 is 13.2 Å². The van der Waals surface area contributed by atoms with Crippen LogP contribution in [0.2, 0.25) is 0 Å². The van der Waals surface area contributed by atoms with Crippen molar-refractivity contribution in [3.63, 3.8) is 0 Å². The van der Waals surface area contributed by atoms with Crippen LogP contribution in [-0.2, 0) is 14.6 Å². The third kappa shape index (κ3) is 4.94. The van der Waals surface area contributed by atoms with Gasteiger partial charge >= 0.3 is 0 Å². The second-order valence-electron chi connectivity index (χ2n) is 5.34. The lowest BCUT2D eigenvalue weighted by Gasteiger charge is -2.29. The molecular weight excluding hydrogens is 252 g/mol. The number of amides is 1. The monoisotopic (exact) mass is 276 g/mol. The Hall–Kier alpha value is -0.620. The lowest BCUT2D eigenvalue weighted by Crippen LogP contribution is -2.38. The van der Waals surface area contributed by atoms with E-state index in [1.165, 1.54) is 6.26 Å². The van der Waals surface area contributed by atoms with Crippen molar-refractivity contribution in [2.24, 2.45) is 17.6 Å². The molecule has 0 aromatic rings. The van der Waals surface area contributed by atoms with Gasteiger partial charge in [0.05, 0.1) is 5.75 Å². The summed E-state index contributed by atoms with van der Waals surface area (Å²) >= 11 is 0. The van der Waals surface area contributed by atoms with Crippen LogP contribution in [0, 0.1) is 11.8 Å². The second kappa shape index (κ2) is 6.52. The van der Waals surface area contributed by atoms with Crippen LogP contribution in [0.3, 0.4) is 0 Å². The molecule has 0 bridgehead atoms. The van der Waals surface area contributed by atoms with E-state index in [0.29, 0.717) is 12.5 Å². The normalized spacial score (nSPS) is 24.8. The minimum Gasteiger partial charge on any atom is -0.345 e. The molecule has 1 aliphatic carbocycles. The largest absolute Gasteiger partial charge is 0.345 e. The summed E-state index contributed by atoms with van der Waals surface area (Å²) in [5.74, 6) is 0.717. The molecule has 0 unspecified atom stereocenters. The van der Waals surface area contributed by atoms with Crippen molar-refractivity contribution in [1.29, 1.82) is 0 Å². The number of rotatable bonds is 5.